The van der Waals surface area contributed by atoms with Crippen LogP contribution in [-0.4, -0.2) is 33.3 Å². The fraction of sp³-hybridized carbons (Fsp3) is 0.333. The van der Waals surface area contributed by atoms with E-state index in [0.29, 0.717) is 0 Å². The Morgan fingerprint density at radius 3 is 2.45 bits per heavy atom. The van der Waals surface area contributed by atoms with Gasteiger partial charge in [0.05, 0.1) is 39.0 Å². The first-order valence-corrected chi connectivity index (χ1v) is 7.73. The largest absolute Gasteiger partial charge is 0.495 e. The van der Waals surface area contributed by atoms with Gasteiger partial charge in [-0.15, -0.1) is 0 Å². The highest BCUT2D eigenvalue weighted by Crippen LogP contribution is 2.27. The van der Waals surface area contributed by atoms with Crippen molar-refractivity contribution in [3.05, 3.63) is 59.9 Å². The molecular formula is C18H22FN2O+. The number of hydrogen-bond acceptors (Lipinski definition) is 2. The van der Waals surface area contributed by atoms with Crippen LogP contribution >= 0.6 is 0 Å². The number of halogens is 1. The quantitative estimate of drug-likeness (QED) is 0.926. The molecule has 0 unspecified atom stereocenters. The highest BCUT2D eigenvalue weighted by molar-refractivity contribution is 5.58. The molecule has 2 aromatic carbocycles. The number of quaternary nitrogens is 1. The average Bonchev–Trinajstić information content (AvgIpc) is 2.58. The maximum atomic E-state index is 13.7. The van der Waals surface area contributed by atoms with Crippen LogP contribution in [0.2, 0.25) is 0 Å². The van der Waals surface area contributed by atoms with E-state index in [4.69, 9.17) is 4.74 Å². The molecule has 1 aliphatic heterocycles. The Balaban J connectivity index is 1.62. The average molecular weight is 301 g/mol. The van der Waals surface area contributed by atoms with Gasteiger partial charge >= 0.3 is 0 Å². The van der Waals surface area contributed by atoms with E-state index in [2.05, 4.69) is 11.0 Å². The SMILES string of the molecule is COc1ccccc1N1CC[NH+](Cc2ccccc2F)CC1. The van der Waals surface area contributed by atoms with Gasteiger partial charge in [0, 0.05) is 5.56 Å². The van der Waals surface area contributed by atoms with Crippen LogP contribution in [-0.2, 0) is 6.54 Å². The summed E-state index contributed by atoms with van der Waals surface area (Å²) in [6, 6.07) is 15.2. The van der Waals surface area contributed by atoms with E-state index >= 15 is 0 Å². The first-order valence-electron chi connectivity index (χ1n) is 7.73. The molecular weight excluding hydrogens is 279 g/mol. The van der Waals surface area contributed by atoms with Crippen LogP contribution in [0.25, 0.3) is 0 Å². The molecule has 0 amide bonds. The minimum atomic E-state index is -0.0952. The summed E-state index contributed by atoms with van der Waals surface area (Å²) in [5.41, 5.74) is 1.96. The van der Waals surface area contributed by atoms with Gasteiger partial charge in [0.1, 0.15) is 18.1 Å². The highest BCUT2D eigenvalue weighted by Gasteiger charge is 2.22. The number of benzene rings is 2. The first kappa shape index (κ1) is 14.9. The Bertz CT molecular complexity index is 624. The zero-order valence-electron chi connectivity index (χ0n) is 12.9. The van der Waals surface area contributed by atoms with Crippen LogP contribution in [0.3, 0.4) is 0 Å². The summed E-state index contributed by atoms with van der Waals surface area (Å²) in [5.74, 6) is 0.821. The second kappa shape index (κ2) is 6.79. The van der Waals surface area contributed by atoms with Crippen LogP contribution in [0.5, 0.6) is 5.75 Å². The van der Waals surface area contributed by atoms with Gasteiger partial charge in [-0.05, 0) is 18.2 Å². The number of para-hydroxylation sites is 2. The maximum Gasteiger partial charge on any atom is 0.142 e. The summed E-state index contributed by atoms with van der Waals surface area (Å²) in [6.45, 7) is 4.69. The van der Waals surface area contributed by atoms with Crippen molar-refractivity contribution < 1.29 is 14.0 Å². The smallest absolute Gasteiger partial charge is 0.142 e. The number of hydrogen-bond donors (Lipinski definition) is 1. The van der Waals surface area contributed by atoms with Crippen molar-refractivity contribution in [2.75, 3.05) is 38.2 Å². The van der Waals surface area contributed by atoms with Gasteiger partial charge in [0.15, 0.2) is 0 Å². The molecule has 0 aliphatic carbocycles. The summed E-state index contributed by atoms with van der Waals surface area (Å²) >= 11 is 0. The highest BCUT2D eigenvalue weighted by atomic mass is 19.1. The van der Waals surface area contributed by atoms with Crippen LogP contribution in [0.1, 0.15) is 5.56 Å². The number of piperazine rings is 1. The minimum absolute atomic E-state index is 0.0952. The number of anilines is 1. The van der Waals surface area contributed by atoms with Gasteiger partial charge in [0.25, 0.3) is 0 Å². The molecule has 3 nitrogen and oxygen atoms in total. The lowest BCUT2D eigenvalue weighted by molar-refractivity contribution is -0.914. The molecule has 1 heterocycles. The Hall–Kier alpha value is -2.07. The molecule has 4 heteroatoms. The van der Waals surface area contributed by atoms with E-state index in [-0.39, 0.29) is 5.82 Å². The number of rotatable bonds is 4. The summed E-state index contributed by atoms with van der Waals surface area (Å²) < 4.78 is 19.2. The Labute approximate surface area is 130 Å². The molecule has 2 aromatic rings. The minimum Gasteiger partial charge on any atom is -0.495 e. The van der Waals surface area contributed by atoms with E-state index in [0.717, 1.165) is 49.7 Å². The van der Waals surface area contributed by atoms with Crippen LogP contribution in [0.15, 0.2) is 48.5 Å². The molecule has 1 N–H and O–H groups in total. The standard InChI is InChI=1S/C18H21FN2O/c1-22-18-9-5-4-8-17(18)21-12-10-20(11-13-21)14-15-6-2-3-7-16(15)19/h2-9H,10-14H2,1H3/p+1. The zero-order chi connectivity index (χ0) is 15.4. The molecule has 0 atom stereocenters. The maximum absolute atomic E-state index is 13.7. The van der Waals surface area contributed by atoms with Crippen molar-refractivity contribution in [2.45, 2.75) is 6.54 Å². The Morgan fingerprint density at radius 2 is 1.73 bits per heavy atom. The van der Waals surface area contributed by atoms with Gasteiger partial charge in [-0.1, -0.05) is 30.3 Å². The number of ether oxygens (including phenoxy) is 1. The topological polar surface area (TPSA) is 16.9 Å². The van der Waals surface area contributed by atoms with E-state index < -0.39 is 0 Å². The Kier molecular flexibility index (Phi) is 4.59. The molecule has 116 valence electrons. The Morgan fingerprint density at radius 1 is 1.05 bits per heavy atom. The van der Waals surface area contributed by atoms with Crippen molar-refractivity contribution in [3.63, 3.8) is 0 Å². The fourth-order valence-corrected chi connectivity index (χ4v) is 3.04. The molecule has 0 saturated carbocycles. The van der Waals surface area contributed by atoms with Crippen molar-refractivity contribution in [1.29, 1.82) is 0 Å². The summed E-state index contributed by atoms with van der Waals surface area (Å²) in [5, 5.41) is 0. The molecule has 0 bridgehead atoms. The normalized spacial score (nSPS) is 15.8. The van der Waals surface area contributed by atoms with Crippen LogP contribution in [0.4, 0.5) is 10.1 Å². The molecule has 1 saturated heterocycles. The van der Waals surface area contributed by atoms with Crippen molar-refractivity contribution >= 4 is 5.69 Å². The number of nitrogens with one attached hydrogen (secondary N) is 1. The lowest BCUT2D eigenvalue weighted by Gasteiger charge is -2.34. The fourth-order valence-electron chi connectivity index (χ4n) is 3.04. The molecule has 1 aliphatic rings. The second-order valence-corrected chi connectivity index (χ2v) is 5.68. The first-order chi connectivity index (χ1) is 10.8. The van der Waals surface area contributed by atoms with Gasteiger partial charge in [-0.25, -0.2) is 4.39 Å². The lowest BCUT2D eigenvalue weighted by atomic mass is 10.1. The summed E-state index contributed by atoms with van der Waals surface area (Å²) in [7, 11) is 1.71. The predicted octanol–water partition coefficient (Wildman–Crippen LogP) is 1.74. The lowest BCUT2D eigenvalue weighted by Crippen LogP contribution is -3.13. The third-order valence-corrected chi connectivity index (χ3v) is 4.29. The van der Waals surface area contributed by atoms with E-state index in [1.807, 2.05) is 30.3 Å². The second-order valence-electron chi connectivity index (χ2n) is 5.68. The van der Waals surface area contributed by atoms with Gasteiger partial charge < -0.3 is 14.5 Å². The predicted molar refractivity (Wildman–Crippen MR) is 86.0 cm³/mol. The monoisotopic (exact) mass is 301 g/mol. The third kappa shape index (κ3) is 3.22. The van der Waals surface area contributed by atoms with Crippen LogP contribution < -0.4 is 14.5 Å². The summed E-state index contributed by atoms with van der Waals surface area (Å²) in [6.07, 6.45) is 0. The van der Waals surface area contributed by atoms with Crippen LogP contribution in [0, 0.1) is 5.82 Å². The molecule has 1 fully saturated rings. The number of nitrogens with zero attached hydrogens (tertiary/aromatic N) is 1. The van der Waals surface area contributed by atoms with Gasteiger partial charge in [-0.2, -0.15) is 0 Å². The zero-order valence-corrected chi connectivity index (χ0v) is 12.9. The van der Waals surface area contributed by atoms with Crippen molar-refractivity contribution in [3.8, 4) is 5.75 Å². The van der Waals surface area contributed by atoms with Crippen molar-refractivity contribution in [1.82, 2.24) is 0 Å². The summed E-state index contributed by atoms with van der Waals surface area (Å²) in [4.78, 5) is 3.78. The molecule has 22 heavy (non-hydrogen) atoms. The molecule has 0 aromatic heterocycles. The number of methoxy groups -OCH3 is 1. The van der Waals surface area contributed by atoms with Gasteiger partial charge in [0.2, 0.25) is 0 Å². The molecule has 3 rings (SSSR count). The van der Waals surface area contributed by atoms with E-state index in [1.165, 1.54) is 4.90 Å². The van der Waals surface area contributed by atoms with E-state index in [9.17, 15) is 4.39 Å². The van der Waals surface area contributed by atoms with Gasteiger partial charge in [-0.3, -0.25) is 0 Å². The van der Waals surface area contributed by atoms with Crippen molar-refractivity contribution in [2.24, 2.45) is 0 Å². The molecule has 0 radical (unpaired) electrons. The molecule has 0 spiro atoms. The third-order valence-electron chi connectivity index (χ3n) is 4.29. The van der Waals surface area contributed by atoms with E-state index in [1.54, 1.807) is 19.2 Å².